The number of guanidine groups is 1. The number of hydrogen-bond donors (Lipinski definition) is 2. The topological polar surface area (TPSA) is 54.9 Å². The standard InChI is InChI=1S/C19H30BrN3O2.HI/c1-21-18(22-11-5-6-12-25-14-13-24-2)23-15-19(9-10-19)16-7-3-4-8-17(16)20;/h3-4,7-8H,5-6,9-15H2,1-2H3,(H2,21,22,23);1H. The molecule has 1 aromatic rings. The molecule has 0 aliphatic heterocycles. The largest absolute Gasteiger partial charge is 0.382 e. The molecular weight excluding hydrogens is 509 g/mol. The molecule has 0 unspecified atom stereocenters. The molecule has 0 heterocycles. The zero-order valence-corrected chi connectivity index (χ0v) is 19.6. The van der Waals surface area contributed by atoms with Crippen molar-refractivity contribution < 1.29 is 9.47 Å². The molecule has 0 saturated heterocycles. The summed E-state index contributed by atoms with van der Waals surface area (Å²) in [4.78, 5) is 4.33. The minimum absolute atomic E-state index is 0. The Morgan fingerprint density at radius 2 is 1.92 bits per heavy atom. The molecular formula is C19H31BrIN3O2. The molecule has 26 heavy (non-hydrogen) atoms. The molecule has 0 spiro atoms. The van der Waals surface area contributed by atoms with E-state index in [0.717, 1.165) is 38.5 Å². The lowest BCUT2D eigenvalue weighted by molar-refractivity contribution is 0.0689. The van der Waals surface area contributed by atoms with E-state index in [1.165, 1.54) is 22.9 Å². The first-order valence-corrected chi connectivity index (χ1v) is 9.77. The molecule has 2 rings (SSSR count). The molecule has 1 saturated carbocycles. The predicted octanol–water partition coefficient (Wildman–Crippen LogP) is 3.71. The van der Waals surface area contributed by atoms with E-state index >= 15 is 0 Å². The van der Waals surface area contributed by atoms with Crippen LogP contribution in [0.4, 0.5) is 0 Å². The second kappa shape index (κ2) is 12.9. The lowest BCUT2D eigenvalue weighted by Gasteiger charge is -2.20. The van der Waals surface area contributed by atoms with Gasteiger partial charge in [0, 0.05) is 43.7 Å². The third-order valence-corrected chi connectivity index (χ3v) is 5.25. The highest BCUT2D eigenvalue weighted by Gasteiger charge is 2.45. The molecule has 0 amide bonds. The van der Waals surface area contributed by atoms with Crippen LogP contribution in [-0.2, 0) is 14.9 Å². The zero-order chi connectivity index (χ0) is 18.0. The number of benzene rings is 1. The van der Waals surface area contributed by atoms with E-state index in [2.05, 4.69) is 55.8 Å². The molecule has 0 aromatic heterocycles. The molecule has 2 N–H and O–H groups in total. The maximum atomic E-state index is 5.46. The van der Waals surface area contributed by atoms with Crippen molar-refractivity contribution in [3.63, 3.8) is 0 Å². The average molecular weight is 540 g/mol. The van der Waals surface area contributed by atoms with Gasteiger partial charge in [0.05, 0.1) is 13.2 Å². The molecule has 0 bridgehead atoms. The second-order valence-electron chi connectivity index (χ2n) is 6.42. The molecule has 5 nitrogen and oxygen atoms in total. The number of nitrogens with zero attached hydrogens (tertiary/aromatic N) is 1. The van der Waals surface area contributed by atoms with Gasteiger partial charge in [-0.05, 0) is 37.3 Å². The molecule has 1 aliphatic rings. The first kappa shape index (κ1) is 23.7. The number of aliphatic imine (C=N–C) groups is 1. The first-order chi connectivity index (χ1) is 12.2. The minimum Gasteiger partial charge on any atom is -0.382 e. The highest BCUT2D eigenvalue weighted by Crippen LogP contribution is 2.49. The number of rotatable bonds is 11. The van der Waals surface area contributed by atoms with Gasteiger partial charge < -0.3 is 20.1 Å². The molecule has 0 radical (unpaired) electrons. The Labute approximate surface area is 182 Å². The van der Waals surface area contributed by atoms with Crippen LogP contribution in [0.1, 0.15) is 31.2 Å². The molecule has 1 aromatic carbocycles. The third-order valence-electron chi connectivity index (χ3n) is 4.56. The third kappa shape index (κ3) is 7.70. The van der Waals surface area contributed by atoms with E-state index in [1.807, 2.05) is 7.05 Å². The van der Waals surface area contributed by atoms with Crippen molar-refractivity contribution in [3.05, 3.63) is 34.3 Å². The molecule has 7 heteroatoms. The lowest BCUT2D eigenvalue weighted by Crippen LogP contribution is -2.41. The van der Waals surface area contributed by atoms with Crippen molar-refractivity contribution in [2.75, 3.05) is 47.1 Å². The van der Waals surface area contributed by atoms with E-state index in [-0.39, 0.29) is 29.4 Å². The minimum atomic E-state index is 0. The van der Waals surface area contributed by atoms with Gasteiger partial charge in [0.1, 0.15) is 0 Å². The lowest BCUT2D eigenvalue weighted by atomic mass is 9.96. The fraction of sp³-hybridized carbons (Fsp3) is 0.632. The summed E-state index contributed by atoms with van der Waals surface area (Å²) >= 11 is 3.68. The Hall–Kier alpha value is -0.380. The van der Waals surface area contributed by atoms with Gasteiger partial charge in [-0.3, -0.25) is 4.99 Å². The predicted molar refractivity (Wildman–Crippen MR) is 122 cm³/mol. The fourth-order valence-corrected chi connectivity index (χ4v) is 3.54. The summed E-state index contributed by atoms with van der Waals surface area (Å²) in [6.45, 7) is 3.92. The van der Waals surface area contributed by atoms with Crippen LogP contribution in [0, 0.1) is 0 Å². The van der Waals surface area contributed by atoms with Gasteiger partial charge in [-0.25, -0.2) is 0 Å². The smallest absolute Gasteiger partial charge is 0.191 e. The summed E-state index contributed by atoms with van der Waals surface area (Å²) < 4.78 is 11.6. The van der Waals surface area contributed by atoms with Crippen LogP contribution in [0.2, 0.25) is 0 Å². The van der Waals surface area contributed by atoms with Crippen LogP contribution in [0.3, 0.4) is 0 Å². The number of unbranched alkanes of at least 4 members (excludes halogenated alkanes) is 1. The number of methoxy groups -OCH3 is 1. The summed E-state index contributed by atoms with van der Waals surface area (Å²) in [5.41, 5.74) is 1.64. The van der Waals surface area contributed by atoms with E-state index in [4.69, 9.17) is 9.47 Å². The Balaban J connectivity index is 0.00000338. The summed E-state index contributed by atoms with van der Waals surface area (Å²) in [6.07, 6.45) is 4.54. The Morgan fingerprint density at radius 1 is 1.15 bits per heavy atom. The van der Waals surface area contributed by atoms with Gasteiger partial charge >= 0.3 is 0 Å². The summed E-state index contributed by atoms with van der Waals surface area (Å²) in [6, 6.07) is 8.52. The second-order valence-corrected chi connectivity index (χ2v) is 7.28. The number of hydrogen-bond acceptors (Lipinski definition) is 3. The van der Waals surface area contributed by atoms with E-state index in [0.29, 0.717) is 13.2 Å². The molecule has 1 aliphatic carbocycles. The van der Waals surface area contributed by atoms with Crippen molar-refractivity contribution in [1.29, 1.82) is 0 Å². The average Bonchev–Trinajstić information content (AvgIpc) is 3.41. The van der Waals surface area contributed by atoms with E-state index < -0.39 is 0 Å². The Morgan fingerprint density at radius 3 is 2.58 bits per heavy atom. The van der Waals surface area contributed by atoms with Crippen molar-refractivity contribution >= 4 is 45.9 Å². The Kier molecular flexibility index (Phi) is 11.7. The summed E-state index contributed by atoms with van der Waals surface area (Å²) in [5.74, 6) is 0.874. The Bertz CT molecular complexity index is 553. The van der Waals surface area contributed by atoms with Crippen LogP contribution in [-0.4, -0.2) is 53.0 Å². The van der Waals surface area contributed by atoms with Crippen LogP contribution >= 0.6 is 39.9 Å². The highest BCUT2D eigenvalue weighted by molar-refractivity contribution is 14.0. The van der Waals surface area contributed by atoms with Crippen LogP contribution in [0.15, 0.2) is 33.7 Å². The maximum absolute atomic E-state index is 5.46. The number of halogens is 2. The van der Waals surface area contributed by atoms with E-state index in [1.54, 1.807) is 7.11 Å². The normalized spacial score (nSPS) is 15.3. The zero-order valence-electron chi connectivity index (χ0n) is 15.7. The van der Waals surface area contributed by atoms with Gasteiger partial charge in [0.15, 0.2) is 5.96 Å². The molecule has 0 atom stereocenters. The number of ether oxygens (including phenoxy) is 2. The van der Waals surface area contributed by atoms with Crippen molar-refractivity contribution in [2.45, 2.75) is 31.1 Å². The SMILES string of the molecule is CN=C(NCCCCOCCOC)NCC1(c2ccccc2Br)CC1.I. The van der Waals surface area contributed by atoms with Crippen LogP contribution in [0.25, 0.3) is 0 Å². The van der Waals surface area contributed by atoms with Crippen LogP contribution < -0.4 is 10.6 Å². The van der Waals surface area contributed by atoms with Crippen molar-refractivity contribution in [2.24, 2.45) is 4.99 Å². The van der Waals surface area contributed by atoms with Crippen molar-refractivity contribution in [3.8, 4) is 0 Å². The van der Waals surface area contributed by atoms with Gasteiger partial charge in [0.2, 0.25) is 0 Å². The highest BCUT2D eigenvalue weighted by atomic mass is 127. The maximum Gasteiger partial charge on any atom is 0.191 e. The summed E-state index contributed by atoms with van der Waals surface area (Å²) in [7, 11) is 3.51. The fourth-order valence-electron chi connectivity index (χ4n) is 2.84. The van der Waals surface area contributed by atoms with Gasteiger partial charge in [0.25, 0.3) is 0 Å². The number of nitrogens with one attached hydrogen (secondary N) is 2. The van der Waals surface area contributed by atoms with Crippen molar-refractivity contribution in [1.82, 2.24) is 10.6 Å². The first-order valence-electron chi connectivity index (χ1n) is 8.98. The van der Waals surface area contributed by atoms with Gasteiger partial charge in [-0.15, -0.1) is 24.0 Å². The summed E-state index contributed by atoms with van der Waals surface area (Å²) in [5, 5.41) is 6.87. The molecule has 148 valence electrons. The quantitative estimate of drug-likeness (QED) is 0.195. The monoisotopic (exact) mass is 539 g/mol. The van der Waals surface area contributed by atoms with E-state index in [9.17, 15) is 0 Å². The van der Waals surface area contributed by atoms with Crippen LogP contribution in [0.5, 0.6) is 0 Å². The van der Waals surface area contributed by atoms with Gasteiger partial charge in [-0.2, -0.15) is 0 Å². The van der Waals surface area contributed by atoms with Gasteiger partial charge in [-0.1, -0.05) is 34.1 Å². The molecule has 1 fully saturated rings.